The van der Waals surface area contributed by atoms with Crippen LogP contribution in [0.3, 0.4) is 0 Å². The van der Waals surface area contributed by atoms with Gasteiger partial charge in [0, 0.05) is 19.4 Å². The summed E-state index contributed by atoms with van der Waals surface area (Å²) in [6.45, 7) is 0. The molecule has 0 radical (unpaired) electrons. The van der Waals surface area contributed by atoms with E-state index in [0.29, 0.717) is 5.82 Å². The summed E-state index contributed by atoms with van der Waals surface area (Å²) in [6, 6.07) is 0. The molecular formula is C5H6IN3O. The Morgan fingerprint density at radius 2 is 2.60 bits per heavy atom. The molecule has 0 aliphatic rings. The minimum absolute atomic E-state index is 0.173. The summed E-state index contributed by atoms with van der Waals surface area (Å²) >= 11 is 1.78. The molecule has 0 saturated carbocycles. The third-order valence-electron chi connectivity index (χ3n) is 1.11. The summed E-state index contributed by atoms with van der Waals surface area (Å²) in [6.07, 6.45) is 3.31. The second kappa shape index (κ2) is 3.00. The van der Waals surface area contributed by atoms with Crippen LogP contribution >= 0.6 is 22.9 Å². The molecule has 1 amide bonds. The monoisotopic (exact) mass is 251 g/mol. The van der Waals surface area contributed by atoms with Gasteiger partial charge >= 0.3 is 0 Å². The van der Waals surface area contributed by atoms with Crippen molar-refractivity contribution in [2.24, 2.45) is 7.05 Å². The van der Waals surface area contributed by atoms with Gasteiger partial charge in [0.05, 0.1) is 22.9 Å². The van der Waals surface area contributed by atoms with Gasteiger partial charge in [0.2, 0.25) is 0 Å². The van der Waals surface area contributed by atoms with Gasteiger partial charge in [-0.3, -0.25) is 8.32 Å². The topological polar surface area (TPSA) is 46.9 Å². The van der Waals surface area contributed by atoms with E-state index >= 15 is 0 Å². The smallest absolute Gasteiger partial charge is 0.295 e. The van der Waals surface area contributed by atoms with Crippen LogP contribution in [0.4, 0.5) is 0 Å². The molecule has 0 spiro atoms. The first-order chi connectivity index (χ1) is 4.75. The van der Waals surface area contributed by atoms with Crippen LogP contribution in [0.2, 0.25) is 0 Å². The number of amides is 1. The highest BCUT2D eigenvalue weighted by Gasteiger charge is 2.07. The minimum atomic E-state index is -0.173. The van der Waals surface area contributed by atoms with Gasteiger partial charge in [-0.05, 0) is 0 Å². The maximum atomic E-state index is 10.9. The number of hydrogen-bond donors (Lipinski definition) is 1. The number of carbonyl (C=O) groups is 1. The lowest BCUT2D eigenvalue weighted by atomic mass is 10.6. The second-order valence-corrected chi connectivity index (χ2v) is 2.32. The average molecular weight is 251 g/mol. The maximum absolute atomic E-state index is 10.9. The molecule has 0 unspecified atom stereocenters. The van der Waals surface area contributed by atoms with Crippen LogP contribution in [0.5, 0.6) is 0 Å². The van der Waals surface area contributed by atoms with Crippen LogP contribution in [-0.4, -0.2) is 15.5 Å². The van der Waals surface area contributed by atoms with Crippen molar-refractivity contribution in [1.29, 1.82) is 0 Å². The first-order valence-electron chi connectivity index (χ1n) is 2.64. The molecular weight excluding hydrogens is 245 g/mol. The Balaban J connectivity index is 2.93. The van der Waals surface area contributed by atoms with E-state index in [2.05, 4.69) is 8.51 Å². The van der Waals surface area contributed by atoms with E-state index in [9.17, 15) is 4.79 Å². The highest BCUT2D eigenvalue weighted by atomic mass is 127. The fourth-order valence-electron chi connectivity index (χ4n) is 0.627. The fourth-order valence-corrected chi connectivity index (χ4v) is 0.868. The molecule has 1 rings (SSSR count). The van der Waals surface area contributed by atoms with Crippen molar-refractivity contribution in [2.45, 2.75) is 0 Å². The number of hydrogen-bond acceptors (Lipinski definition) is 2. The molecule has 4 nitrogen and oxygen atoms in total. The lowest BCUT2D eigenvalue weighted by molar-refractivity contribution is 0.0977. The average Bonchev–Trinajstić information content (AvgIpc) is 2.34. The standard InChI is InChI=1S/C5H6IN3O/c1-9-3-2-7-4(9)5(10)8-6/h2-3H,1H3,(H,8,10). The lowest BCUT2D eigenvalue weighted by Crippen LogP contribution is -2.16. The van der Waals surface area contributed by atoms with Crippen LogP contribution in [0.1, 0.15) is 10.6 Å². The van der Waals surface area contributed by atoms with Crippen molar-refractivity contribution in [2.75, 3.05) is 0 Å². The van der Waals surface area contributed by atoms with Crippen LogP contribution in [0.25, 0.3) is 0 Å². The number of rotatable bonds is 1. The van der Waals surface area contributed by atoms with E-state index in [1.54, 1.807) is 46.9 Å². The number of aromatic nitrogens is 2. The van der Waals surface area contributed by atoms with E-state index in [-0.39, 0.29) is 5.91 Å². The molecule has 0 fully saturated rings. The van der Waals surface area contributed by atoms with Gasteiger partial charge in [-0.25, -0.2) is 4.98 Å². The first-order valence-corrected chi connectivity index (χ1v) is 3.72. The van der Waals surface area contributed by atoms with Crippen LogP contribution in [0.15, 0.2) is 12.4 Å². The minimum Gasteiger partial charge on any atom is -0.330 e. The number of nitrogens with one attached hydrogen (secondary N) is 1. The molecule has 0 aliphatic carbocycles. The Morgan fingerprint density at radius 1 is 1.90 bits per heavy atom. The Bertz CT molecular complexity index is 245. The molecule has 5 heteroatoms. The van der Waals surface area contributed by atoms with Crippen molar-refractivity contribution < 1.29 is 4.79 Å². The van der Waals surface area contributed by atoms with Crippen LogP contribution in [-0.2, 0) is 7.05 Å². The molecule has 10 heavy (non-hydrogen) atoms. The molecule has 1 aromatic heterocycles. The Labute approximate surface area is 72.1 Å². The third-order valence-corrected chi connectivity index (χ3v) is 1.60. The van der Waals surface area contributed by atoms with E-state index in [1.165, 1.54) is 0 Å². The zero-order valence-corrected chi connectivity index (χ0v) is 7.49. The van der Waals surface area contributed by atoms with Gasteiger partial charge in [0.1, 0.15) is 0 Å². The molecule has 0 bridgehead atoms. The summed E-state index contributed by atoms with van der Waals surface area (Å²) in [5, 5.41) is 0. The molecule has 1 aromatic rings. The van der Waals surface area contributed by atoms with Gasteiger partial charge < -0.3 is 4.57 Å². The van der Waals surface area contributed by atoms with E-state index in [0.717, 1.165) is 0 Å². The van der Waals surface area contributed by atoms with Gasteiger partial charge in [0.15, 0.2) is 5.82 Å². The predicted molar refractivity (Wildman–Crippen MR) is 44.7 cm³/mol. The molecule has 54 valence electrons. The van der Waals surface area contributed by atoms with E-state index in [4.69, 9.17) is 0 Å². The Morgan fingerprint density at radius 3 is 3.00 bits per heavy atom. The van der Waals surface area contributed by atoms with Crippen molar-refractivity contribution >= 4 is 28.8 Å². The van der Waals surface area contributed by atoms with Gasteiger partial charge in [-0.15, -0.1) is 0 Å². The highest BCUT2D eigenvalue weighted by Crippen LogP contribution is 1.93. The SMILES string of the molecule is Cn1ccnc1C(=O)NI. The zero-order chi connectivity index (χ0) is 7.56. The molecule has 1 heterocycles. The summed E-state index contributed by atoms with van der Waals surface area (Å²) in [4.78, 5) is 14.7. The summed E-state index contributed by atoms with van der Waals surface area (Å²) in [5.74, 6) is 0.252. The Kier molecular flexibility index (Phi) is 2.25. The number of carbonyl (C=O) groups excluding carboxylic acids is 1. The van der Waals surface area contributed by atoms with Crippen LogP contribution < -0.4 is 3.53 Å². The Hall–Kier alpha value is -0.590. The zero-order valence-electron chi connectivity index (χ0n) is 5.34. The first kappa shape index (κ1) is 7.52. The van der Waals surface area contributed by atoms with Crippen molar-refractivity contribution in [3.63, 3.8) is 0 Å². The van der Waals surface area contributed by atoms with E-state index < -0.39 is 0 Å². The third kappa shape index (κ3) is 1.28. The maximum Gasteiger partial charge on any atom is 0.295 e. The largest absolute Gasteiger partial charge is 0.330 e. The number of aryl methyl sites for hydroxylation is 1. The fraction of sp³-hybridized carbons (Fsp3) is 0.200. The summed E-state index contributed by atoms with van der Waals surface area (Å²) in [5.41, 5.74) is 0. The van der Waals surface area contributed by atoms with Crippen molar-refractivity contribution in [3.8, 4) is 0 Å². The molecule has 0 saturated heterocycles. The van der Waals surface area contributed by atoms with Crippen molar-refractivity contribution in [3.05, 3.63) is 18.2 Å². The lowest BCUT2D eigenvalue weighted by Gasteiger charge is -1.95. The van der Waals surface area contributed by atoms with Crippen LogP contribution in [0, 0.1) is 0 Å². The summed E-state index contributed by atoms with van der Waals surface area (Å²) in [7, 11) is 1.77. The van der Waals surface area contributed by atoms with E-state index in [1.807, 2.05) is 0 Å². The molecule has 0 atom stereocenters. The van der Waals surface area contributed by atoms with Gasteiger partial charge in [-0.2, -0.15) is 0 Å². The highest BCUT2D eigenvalue weighted by molar-refractivity contribution is 14.1. The van der Waals surface area contributed by atoms with Gasteiger partial charge in [-0.1, -0.05) is 0 Å². The molecule has 1 N–H and O–H groups in total. The quantitative estimate of drug-likeness (QED) is 0.583. The van der Waals surface area contributed by atoms with Crippen molar-refractivity contribution in [1.82, 2.24) is 13.1 Å². The summed E-state index contributed by atoms with van der Waals surface area (Å²) < 4.78 is 4.12. The normalized spacial score (nSPS) is 9.40. The second-order valence-electron chi connectivity index (χ2n) is 1.79. The van der Waals surface area contributed by atoms with Gasteiger partial charge in [0.25, 0.3) is 5.91 Å². The molecule has 0 aliphatic heterocycles. The number of imidazole rings is 1. The molecule has 0 aromatic carbocycles. The number of halogens is 1. The number of nitrogens with zero attached hydrogens (tertiary/aromatic N) is 2. The predicted octanol–water partition coefficient (Wildman–Crippen LogP) is 0.500.